The Bertz CT molecular complexity index is 752. The molecule has 0 aromatic carbocycles. The summed E-state index contributed by atoms with van der Waals surface area (Å²) in [6, 6.07) is 2.01. The summed E-state index contributed by atoms with van der Waals surface area (Å²) in [6.07, 6.45) is 4.62. The van der Waals surface area contributed by atoms with Crippen molar-refractivity contribution in [1.82, 2.24) is 14.8 Å². The van der Waals surface area contributed by atoms with E-state index in [4.69, 9.17) is 14.4 Å². The van der Waals surface area contributed by atoms with Crippen molar-refractivity contribution in [1.29, 1.82) is 0 Å². The minimum absolute atomic E-state index is 0.357. The molecule has 0 radical (unpaired) electrons. The van der Waals surface area contributed by atoms with Crippen LogP contribution in [-0.4, -0.2) is 33.1 Å². The van der Waals surface area contributed by atoms with Crippen LogP contribution in [0.25, 0.3) is 5.69 Å². The van der Waals surface area contributed by atoms with Gasteiger partial charge < -0.3 is 9.31 Å². The number of hydrogen-bond acceptors (Lipinski definition) is 4. The Hall–Kier alpha value is -1.66. The monoisotopic (exact) mass is 327 g/mol. The molecule has 0 amide bonds. The molecule has 0 aliphatic carbocycles. The Morgan fingerprint density at radius 1 is 1.12 bits per heavy atom. The molecule has 128 valence electrons. The Balaban J connectivity index is 2.06. The smallest absolute Gasteiger partial charge is 0.399 e. The molecular weight excluding hydrogens is 301 g/mol. The average Bonchev–Trinajstić information content (AvgIpc) is 2.91. The lowest BCUT2D eigenvalue weighted by Crippen LogP contribution is -2.41. The number of hydrogen-bond donors (Lipinski definition) is 0. The zero-order valence-corrected chi connectivity index (χ0v) is 15.7. The van der Waals surface area contributed by atoms with E-state index in [2.05, 4.69) is 46.5 Å². The molecule has 6 heteroatoms. The van der Waals surface area contributed by atoms with Crippen molar-refractivity contribution in [3.8, 4) is 5.69 Å². The quantitative estimate of drug-likeness (QED) is 0.814. The van der Waals surface area contributed by atoms with Crippen LogP contribution in [0, 0.1) is 13.8 Å². The van der Waals surface area contributed by atoms with E-state index in [1.165, 1.54) is 5.56 Å². The molecule has 2 aromatic heterocycles. The molecule has 5 nitrogen and oxygen atoms in total. The van der Waals surface area contributed by atoms with Crippen LogP contribution in [0.2, 0.25) is 0 Å². The molecular formula is C18H26BN3O2. The summed E-state index contributed by atoms with van der Waals surface area (Å²) in [7, 11) is -0.393. The topological polar surface area (TPSA) is 49.2 Å². The molecule has 0 spiro atoms. The van der Waals surface area contributed by atoms with Crippen molar-refractivity contribution in [3.63, 3.8) is 0 Å². The second-order valence-corrected chi connectivity index (χ2v) is 7.44. The van der Waals surface area contributed by atoms with E-state index in [9.17, 15) is 0 Å². The molecule has 2 aromatic rings. The molecule has 3 rings (SSSR count). The maximum Gasteiger partial charge on any atom is 0.498 e. The van der Waals surface area contributed by atoms with Crippen molar-refractivity contribution < 1.29 is 9.31 Å². The highest BCUT2D eigenvalue weighted by atomic mass is 16.7. The minimum atomic E-state index is -0.393. The molecule has 1 saturated heterocycles. The van der Waals surface area contributed by atoms with Gasteiger partial charge in [0.1, 0.15) is 0 Å². The maximum absolute atomic E-state index is 6.23. The number of pyridine rings is 1. The van der Waals surface area contributed by atoms with Gasteiger partial charge in [-0.25, -0.2) is 4.68 Å². The Kier molecular flexibility index (Phi) is 4.08. The first kappa shape index (κ1) is 17.2. The first-order valence-electron chi connectivity index (χ1n) is 8.53. The van der Waals surface area contributed by atoms with Gasteiger partial charge in [0.2, 0.25) is 0 Å². The van der Waals surface area contributed by atoms with Crippen LogP contribution in [0.15, 0.2) is 18.5 Å². The molecule has 0 atom stereocenters. The predicted octanol–water partition coefficient (Wildman–Crippen LogP) is 2.75. The minimum Gasteiger partial charge on any atom is -0.399 e. The number of rotatable bonds is 3. The van der Waals surface area contributed by atoms with E-state index in [0.717, 1.165) is 29.0 Å². The highest BCUT2D eigenvalue weighted by molar-refractivity contribution is 6.63. The van der Waals surface area contributed by atoms with E-state index in [-0.39, 0.29) is 11.2 Å². The lowest BCUT2D eigenvalue weighted by Gasteiger charge is -2.32. The molecule has 0 unspecified atom stereocenters. The summed E-state index contributed by atoms with van der Waals surface area (Å²) in [4.78, 5) is 4.23. The average molecular weight is 327 g/mol. The third-order valence-corrected chi connectivity index (χ3v) is 5.32. The summed E-state index contributed by atoms with van der Waals surface area (Å²) in [5.74, 6) is 0. The van der Waals surface area contributed by atoms with Crippen LogP contribution in [0.3, 0.4) is 0 Å². The fourth-order valence-electron chi connectivity index (χ4n) is 3.09. The second kappa shape index (κ2) is 5.71. The van der Waals surface area contributed by atoms with E-state index in [1.54, 1.807) is 6.20 Å². The zero-order valence-electron chi connectivity index (χ0n) is 15.7. The zero-order chi connectivity index (χ0) is 17.7. The Morgan fingerprint density at radius 3 is 2.33 bits per heavy atom. The lowest BCUT2D eigenvalue weighted by molar-refractivity contribution is 0.00578. The third-order valence-electron chi connectivity index (χ3n) is 5.32. The standard InChI is InChI=1S/C18H26BN3O2/c1-8-14-11-20-10-9-15(14)22-13(3)16(12(2)21-22)19-23-17(4,5)18(6,7)24-19/h9-11H,8H2,1-7H3. The molecule has 0 N–H and O–H groups in total. The van der Waals surface area contributed by atoms with Crippen LogP contribution < -0.4 is 5.46 Å². The molecule has 3 heterocycles. The van der Waals surface area contributed by atoms with Gasteiger partial charge in [-0.05, 0) is 59.6 Å². The van der Waals surface area contributed by atoms with Gasteiger partial charge in [-0.1, -0.05) is 6.92 Å². The third kappa shape index (κ3) is 2.58. The molecule has 0 bridgehead atoms. The first-order chi connectivity index (χ1) is 11.2. The molecule has 1 aliphatic heterocycles. The van der Waals surface area contributed by atoms with Gasteiger partial charge >= 0.3 is 7.12 Å². The van der Waals surface area contributed by atoms with Gasteiger partial charge in [0.05, 0.1) is 22.6 Å². The van der Waals surface area contributed by atoms with Crippen molar-refractivity contribution in [2.75, 3.05) is 0 Å². The number of aryl methyl sites for hydroxylation is 2. The van der Waals surface area contributed by atoms with Gasteiger partial charge in [0.15, 0.2) is 0 Å². The van der Waals surface area contributed by atoms with Gasteiger partial charge in [-0.3, -0.25) is 4.98 Å². The highest BCUT2D eigenvalue weighted by Crippen LogP contribution is 2.37. The van der Waals surface area contributed by atoms with E-state index >= 15 is 0 Å². The fraction of sp³-hybridized carbons (Fsp3) is 0.556. The number of nitrogens with zero attached hydrogens (tertiary/aromatic N) is 3. The summed E-state index contributed by atoms with van der Waals surface area (Å²) >= 11 is 0. The largest absolute Gasteiger partial charge is 0.498 e. The van der Waals surface area contributed by atoms with Crippen LogP contribution in [0.5, 0.6) is 0 Å². The Labute approximate surface area is 144 Å². The maximum atomic E-state index is 6.23. The SMILES string of the molecule is CCc1cnccc1-n1nc(C)c(B2OC(C)(C)C(C)(C)O2)c1C. The fourth-order valence-corrected chi connectivity index (χ4v) is 3.09. The van der Waals surface area contributed by atoms with Crippen molar-refractivity contribution >= 4 is 12.6 Å². The van der Waals surface area contributed by atoms with E-state index in [0.29, 0.717) is 0 Å². The van der Waals surface area contributed by atoms with E-state index < -0.39 is 7.12 Å². The van der Waals surface area contributed by atoms with Gasteiger partial charge in [0.25, 0.3) is 0 Å². The summed E-state index contributed by atoms with van der Waals surface area (Å²) in [5.41, 5.74) is 4.53. The van der Waals surface area contributed by atoms with Crippen LogP contribution in [-0.2, 0) is 15.7 Å². The predicted molar refractivity (Wildman–Crippen MR) is 95.9 cm³/mol. The van der Waals surface area contributed by atoms with E-state index in [1.807, 2.05) is 23.9 Å². The van der Waals surface area contributed by atoms with Gasteiger partial charge in [-0.15, -0.1) is 0 Å². The number of aromatic nitrogens is 3. The lowest BCUT2D eigenvalue weighted by atomic mass is 9.77. The van der Waals surface area contributed by atoms with Crippen molar-refractivity contribution in [3.05, 3.63) is 35.4 Å². The van der Waals surface area contributed by atoms with Crippen molar-refractivity contribution in [2.45, 2.75) is 66.1 Å². The first-order valence-corrected chi connectivity index (χ1v) is 8.53. The van der Waals surface area contributed by atoms with Gasteiger partial charge in [0, 0.05) is 23.6 Å². The summed E-state index contributed by atoms with van der Waals surface area (Å²) in [5, 5.41) is 4.76. The highest BCUT2D eigenvalue weighted by Gasteiger charge is 2.53. The second-order valence-electron chi connectivity index (χ2n) is 7.44. The van der Waals surface area contributed by atoms with Crippen LogP contribution in [0.1, 0.15) is 51.6 Å². The van der Waals surface area contributed by atoms with Crippen LogP contribution in [0.4, 0.5) is 0 Å². The molecule has 1 aliphatic rings. The van der Waals surface area contributed by atoms with Crippen molar-refractivity contribution in [2.24, 2.45) is 0 Å². The Morgan fingerprint density at radius 2 is 1.75 bits per heavy atom. The summed E-state index contributed by atoms with van der Waals surface area (Å²) < 4.78 is 14.4. The summed E-state index contributed by atoms with van der Waals surface area (Å²) in [6.45, 7) is 14.5. The molecule has 24 heavy (non-hydrogen) atoms. The normalized spacial score (nSPS) is 19.0. The van der Waals surface area contributed by atoms with Crippen LogP contribution >= 0.6 is 0 Å². The molecule has 1 fully saturated rings. The van der Waals surface area contributed by atoms with Gasteiger partial charge in [-0.2, -0.15) is 5.10 Å². The molecule has 0 saturated carbocycles.